The van der Waals surface area contributed by atoms with Crippen molar-refractivity contribution >= 4 is 23.3 Å². The van der Waals surface area contributed by atoms with Gasteiger partial charge < -0.3 is 10.2 Å². The first-order chi connectivity index (χ1) is 13.3. The fraction of sp³-hybridized carbons (Fsp3) is 0.368. The van der Waals surface area contributed by atoms with E-state index in [0.29, 0.717) is 43.6 Å². The van der Waals surface area contributed by atoms with Crippen LogP contribution in [0.4, 0.5) is 19.0 Å². The number of carbonyl (C=O) groups excluding carboxylic acids is 1. The molecule has 150 valence electrons. The van der Waals surface area contributed by atoms with Crippen molar-refractivity contribution in [2.75, 3.05) is 37.6 Å². The number of rotatable bonds is 5. The van der Waals surface area contributed by atoms with Crippen molar-refractivity contribution in [2.24, 2.45) is 0 Å². The lowest BCUT2D eigenvalue weighted by Crippen LogP contribution is -2.49. The molecule has 9 heteroatoms. The molecule has 0 saturated carbocycles. The first-order valence-electron chi connectivity index (χ1n) is 8.83. The largest absolute Gasteiger partial charge is 0.417 e. The minimum absolute atomic E-state index is 0.0731. The summed E-state index contributed by atoms with van der Waals surface area (Å²) in [4.78, 5) is 20.0. The first kappa shape index (κ1) is 20.4. The first-order valence-corrected chi connectivity index (χ1v) is 9.21. The number of nitrogens with zero attached hydrogens (tertiary/aromatic N) is 3. The van der Waals surface area contributed by atoms with E-state index in [9.17, 15) is 18.0 Å². The smallest absolute Gasteiger partial charge is 0.354 e. The lowest BCUT2D eigenvalue weighted by atomic mass is 10.2. The maximum absolute atomic E-state index is 12.6. The standard InChI is InChI=1S/C19H20ClF3N4O/c20-16-4-1-14(2-5-16)11-25-18(28)13-26-7-9-27(10-8-26)17-6-3-15(12-24-17)19(21,22)23/h1-6,12H,7-11,13H2,(H,25,28). The summed E-state index contributed by atoms with van der Waals surface area (Å²) in [7, 11) is 0. The van der Waals surface area contributed by atoms with E-state index in [0.717, 1.165) is 17.8 Å². The summed E-state index contributed by atoms with van der Waals surface area (Å²) in [5.74, 6) is 0.441. The van der Waals surface area contributed by atoms with Crippen LogP contribution < -0.4 is 10.2 Å². The molecule has 1 amide bonds. The van der Waals surface area contributed by atoms with Crippen LogP contribution in [-0.2, 0) is 17.5 Å². The van der Waals surface area contributed by atoms with Crippen LogP contribution in [0.5, 0.6) is 0 Å². The van der Waals surface area contributed by atoms with Gasteiger partial charge in [0.05, 0.1) is 12.1 Å². The Labute approximate surface area is 166 Å². The van der Waals surface area contributed by atoms with E-state index < -0.39 is 11.7 Å². The van der Waals surface area contributed by atoms with E-state index >= 15 is 0 Å². The Hall–Kier alpha value is -2.32. The molecular weight excluding hydrogens is 393 g/mol. The van der Waals surface area contributed by atoms with Crippen molar-refractivity contribution in [3.63, 3.8) is 0 Å². The average molecular weight is 413 g/mol. The normalized spacial score (nSPS) is 15.5. The molecule has 0 bridgehead atoms. The predicted octanol–water partition coefficient (Wildman–Crippen LogP) is 3.19. The number of anilines is 1. The molecule has 0 atom stereocenters. The van der Waals surface area contributed by atoms with Crippen molar-refractivity contribution < 1.29 is 18.0 Å². The number of hydrogen-bond acceptors (Lipinski definition) is 4. The molecule has 5 nitrogen and oxygen atoms in total. The number of aromatic nitrogens is 1. The zero-order chi connectivity index (χ0) is 20.1. The SMILES string of the molecule is O=C(CN1CCN(c2ccc(C(F)(F)F)cn2)CC1)NCc1ccc(Cl)cc1. The van der Waals surface area contributed by atoms with Crippen LogP contribution in [0.15, 0.2) is 42.6 Å². The topological polar surface area (TPSA) is 48.5 Å². The molecule has 2 heterocycles. The number of halogens is 4. The second-order valence-electron chi connectivity index (χ2n) is 6.57. The average Bonchev–Trinajstić information content (AvgIpc) is 2.68. The number of piperazine rings is 1. The van der Waals surface area contributed by atoms with Gasteiger partial charge in [-0.25, -0.2) is 4.98 Å². The fourth-order valence-corrected chi connectivity index (χ4v) is 3.06. The number of amides is 1. The van der Waals surface area contributed by atoms with Crippen LogP contribution in [0.2, 0.25) is 5.02 Å². The number of alkyl halides is 3. The highest BCUT2D eigenvalue weighted by molar-refractivity contribution is 6.30. The Morgan fingerprint density at radius 1 is 1.07 bits per heavy atom. The molecular formula is C19H20ClF3N4O. The molecule has 1 aliphatic rings. The van der Waals surface area contributed by atoms with Gasteiger partial charge >= 0.3 is 6.18 Å². The van der Waals surface area contributed by atoms with Crippen LogP contribution in [0.25, 0.3) is 0 Å². The predicted molar refractivity (Wildman–Crippen MR) is 101 cm³/mol. The van der Waals surface area contributed by atoms with Crippen molar-refractivity contribution in [3.05, 3.63) is 58.7 Å². The molecule has 1 N–H and O–H groups in total. The Morgan fingerprint density at radius 3 is 2.32 bits per heavy atom. The van der Waals surface area contributed by atoms with Crippen LogP contribution in [0.1, 0.15) is 11.1 Å². The molecule has 28 heavy (non-hydrogen) atoms. The van der Waals surface area contributed by atoms with Crippen molar-refractivity contribution in [1.29, 1.82) is 0 Å². The van der Waals surface area contributed by atoms with E-state index in [1.165, 1.54) is 6.07 Å². The van der Waals surface area contributed by atoms with Gasteiger partial charge in [-0.1, -0.05) is 23.7 Å². The van der Waals surface area contributed by atoms with Gasteiger partial charge in [-0.15, -0.1) is 0 Å². The van der Waals surface area contributed by atoms with E-state index in [-0.39, 0.29) is 12.5 Å². The minimum Gasteiger partial charge on any atom is -0.354 e. The van der Waals surface area contributed by atoms with Gasteiger partial charge in [0.1, 0.15) is 5.82 Å². The molecule has 1 aliphatic heterocycles. The molecule has 0 unspecified atom stereocenters. The van der Waals surface area contributed by atoms with Gasteiger partial charge in [0.25, 0.3) is 0 Å². The Morgan fingerprint density at radius 2 is 1.75 bits per heavy atom. The number of benzene rings is 1. The summed E-state index contributed by atoms with van der Waals surface area (Å²) in [5, 5.41) is 3.52. The van der Waals surface area contributed by atoms with E-state index in [1.54, 1.807) is 12.1 Å². The summed E-state index contributed by atoms with van der Waals surface area (Å²) < 4.78 is 37.9. The van der Waals surface area contributed by atoms with E-state index in [4.69, 9.17) is 11.6 Å². The van der Waals surface area contributed by atoms with Crippen molar-refractivity contribution in [1.82, 2.24) is 15.2 Å². The molecule has 0 radical (unpaired) electrons. The van der Waals surface area contributed by atoms with Crippen LogP contribution >= 0.6 is 11.6 Å². The fourth-order valence-electron chi connectivity index (χ4n) is 2.94. The maximum Gasteiger partial charge on any atom is 0.417 e. The monoisotopic (exact) mass is 412 g/mol. The zero-order valence-corrected chi connectivity index (χ0v) is 15.8. The van der Waals surface area contributed by atoms with Crippen LogP contribution in [-0.4, -0.2) is 48.5 Å². The third kappa shape index (κ3) is 5.59. The summed E-state index contributed by atoms with van der Waals surface area (Å²) >= 11 is 5.83. The maximum atomic E-state index is 12.6. The number of hydrogen-bond donors (Lipinski definition) is 1. The van der Waals surface area contributed by atoms with E-state index in [1.807, 2.05) is 21.9 Å². The summed E-state index contributed by atoms with van der Waals surface area (Å²) in [6, 6.07) is 9.70. The van der Waals surface area contributed by atoms with Gasteiger partial charge in [-0.05, 0) is 29.8 Å². The molecule has 1 aromatic carbocycles. The van der Waals surface area contributed by atoms with Gasteiger partial charge in [-0.3, -0.25) is 9.69 Å². The second kappa shape index (κ2) is 8.79. The van der Waals surface area contributed by atoms with Gasteiger partial charge in [0.15, 0.2) is 0 Å². The number of nitrogens with one attached hydrogen (secondary N) is 1. The van der Waals surface area contributed by atoms with Crippen molar-refractivity contribution in [3.8, 4) is 0 Å². The minimum atomic E-state index is -4.39. The molecule has 1 fully saturated rings. The van der Waals surface area contributed by atoms with Gasteiger partial charge in [0.2, 0.25) is 5.91 Å². The van der Waals surface area contributed by atoms with Crippen LogP contribution in [0.3, 0.4) is 0 Å². The zero-order valence-electron chi connectivity index (χ0n) is 15.0. The molecule has 2 aromatic rings. The molecule has 1 saturated heterocycles. The van der Waals surface area contributed by atoms with E-state index in [2.05, 4.69) is 10.3 Å². The van der Waals surface area contributed by atoms with Gasteiger partial charge in [-0.2, -0.15) is 13.2 Å². The van der Waals surface area contributed by atoms with Crippen LogP contribution in [0, 0.1) is 0 Å². The number of carbonyl (C=O) groups is 1. The summed E-state index contributed by atoms with van der Waals surface area (Å²) in [6.45, 7) is 3.19. The Kier molecular flexibility index (Phi) is 6.41. The highest BCUT2D eigenvalue weighted by Gasteiger charge is 2.31. The lowest BCUT2D eigenvalue weighted by Gasteiger charge is -2.35. The Balaban J connectivity index is 1.43. The summed E-state index contributed by atoms with van der Waals surface area (Å²) in [5.41, 5.74) is 0.211. The Bertz CT molecular complexity index is 788. The number of pyridine rings is 1. The highest BCUT2D eigenvalue weighted by Crippen LogP contribution is 2.29. The third-order valence-corrected chi connectivity index (χ3v) is 4.79. The molecule has 1 aromatic heterocycles. The second-order valence-corrected chi connectivity index (χ2v) is 7.01. The van der Waals surface area contributed by atoms with Crippen molar-refractivity contribution in [2.45, 2.75) is 12.7 Å². The third-order valence-electron chi connectivity index (χ3n) is 4.54. The summed E-state index contributed by atoms with van der Waals surface area (Å²) in [6.07, 6.45) is -3.53. The molecule has 0 aliphatic carbocycles. The highest BCUT2D eigenvalue weighted by atomic mass is 35.5. The molecule has 3 rings (SSSR count). The quantitative estimate of drug-likeness (QED) is 0.819. The lowest BCUT2D eigenvalue weighted by molar-refractivity contribution is -0.137. The molecule has 0 spiro atoms. The van der Waals surface area contributed by atoms with Gasteiger partial charge in [0, 0.05) is 43.9 Å².